The van der Waals surface area contributed by atoms with E-state index in [2.05, 4.69) is 5.32 Å². The predicted molar refractivity (Wildman–Crippen MR) is 93.9 cm³/mol. The highest BCUT2D eigenvalue weighted by Crippen LogP contribution is 2.20. The van der Waals surface area contributed by atoms with E-state index in [0.717, 1.165) is 5.56 Å². The number of aliphatic hydroxyl groups excluding tert-OH is 1. The van der Waals surface area contributed by atoms with Gasteiger partial charge in [-0.25, -0.2) is 0 Å². The molecular formula is C19H24N2O3. The number of aliphatic hydroxyl groups is 1. The van der Waals surface area contributed by atoms with Crippen LogP contribution in [0.4, 0.5) is 0 Å². The number of aryl methyl sites for hydroxylation is 1. The summed E-state index contributed by atoms with van der Waals surface area (Å²) >= 11 is 0. The summed E-state index contributed by atoms with van der Waals surface area (Å²) in [6, 6.07) is 13.3. The molecule has 2 unspecified atom stereocenters. The van der Waals surface area contributed by atoms with Gasteiger partial charge in [-0.05, 0) is 31.9 Å². The van der Waals surface area contributed by atoms with Crippen LogP contribution in [-0.2, 0) is 11.3 Å². The lowest BCUT2D eigenvalue weighted by Gasteiger charge is -2.20. The Bertz CT molecular complexity index is 723. The van der Waals surface area contributed by atoms with Crippen molar-refractivity contribution < 1.29 is 9.90 Å². The number of amides is 1. The second-order valence-electron chi connectivity index (χ2n) is 6.12. The first kappa shape index (κ1) is 17.9. The van der Waals surface area contributed by atoms with Crippen LogP contribution in [0.25, 0.3) is 0 Å². The first-order valence-corrected chi connectivity index (χ1v) is 8.13. The summed E-state index contributed by atoms with van der Waals surface area (Å²) in [6.07, 6.45) is 1.72. The first-order chi connectivity index (χ1) is 11.5. The van der Waals surface area contributed by atoms with Crippen LogP contribution < -0.4 is 10.9 Å². The Labute approximate surface area is 142 Å². The molecule has 0 saturated heterocycles. The topological polar surface area (TPSA) is 71.3 Å². The Morgan fingerprint density at radius 3 is 2.58 bits per heavy atom. The predicted octanol–water partition coefficient (Wildman–Crippen LogP) is 1.83. The van der Waals surface area contributed by atoms with Crippen molar-refractivity contribution in [3.05, 3.63) is 70.1 Å². The fourth-order valence-corrected chi connectivity index (χ4v) is 2.70. The normalized spacial score (nSPS) is 13.3. The third-order valence-electron chi connectivity index (χ3n) is 3.97. The van der Waals surface area contributed by atoms with Gasteiger partial charge in [-0.2, -0.15) is 0 Å². The van der Waals surface area contributed by atoms with Gasteiger partial charge in [0, 0.05) is 24.2 Å². The molecule has 0 aliphatic rings. The summed E-state index contributed by atoms with van der Waals surface area (Å²) in [4.78, 5) is 24.1. The van der Waals surface area contributed by atoms with Crippen LogP contribution in [-0.4, -0.2) is 28.2 Å². The summed E-state index contributed by atoms with van der Waals surface area (Å²) in [5, 5.41) is 12.6. The van der Waals surface area contributed by atoms with Gasteiger partial charge in [0.1, 0.15) is 6.54 Å². The van der Waals surface area contributed by atoms with Crippen molar-refractivity contribution in [2.75, 3.05) is 6.54 Å². The third kappa shape index (κ3) is 5.06. The van der Waals surface area contributed by atoms with Crippen LogP contribution in [0.15, 0.2) is 53.5 Å². The van der Waals surface area contributed by atoms with Gasteiger partial charge in [0.15, 0.2) is 0 Å². The molecule has 5 heteroatoms. The number of carbonyl (C=O) groups is 1. The molecule has 0 fully saturated rings. The van der Waals surface area contributed by atoms with E-state index >= 15 is 0 Å². The minimum atomic E-state index is -0.452. The summed E-state index contributed by atoms with van der Waals surface area (Å²) in [6.45, 7) is 3.89. The Morgan fingerprint density at radius 2 is 1.92 bits per heavy atom. The molecule has 2 aromatic rings. The molecule has 1 amide bonds. The number of hydrogen-bond donors (Lipinski definition) is 2. The Balaban J connectivity index is 1.99. The number of nitrogens with zero attached hydrogens (tertiary/aromatic N) is 1. The zero-order chi connectivity index (χ0) is 17.5. The summed E-state index contributed by atoms with van der Waals surface area (Å²) in [7, 11) is 0. The smallest absolute Gasteiger partial charge is 0.253 e. The van der Waals surface area contributed by atoms with Gasteiger partial charge in [-0.3, -0.25) is 9.59 Å². The molecule has 24 heavy (non-hydrogen) atoms. The molecule has 1 aromatic carbocycles. The van der Waals surface area contributed by atoms with Crippen LogP contribution in [0, 0.1) is 6.92 Å². The van der Waals surface area contributed by atoms with E-state index in [-0.39, 0.29) is 23.9 Å². The average Bonchev–Trinajstić information content (AvgIpc) is 2.56. The molecule has 2 rings (SSSR count). The minimum Gasteiger partial charge on any atom is -0.393 e. The first-order valence-electron chi connectivity index (χ1n) is 8.13. The zero-order valence-electron chi connectivity index (χ0n) is 14.1. The number of carbonyl (C=O) groups excluding carboxylic acids is 1. The van der Waals surface area contributed by atoms with Crippen LogP contribution in [0.2, 0.25) is 0 Å². The van der Waals surface area contributed by atoms with Gasteiger partial charge in [0.25, 0.3) is 5.56 Å². The summed E-state index contributed by atoms with van der Waals surface area (Å²) < 4.78 is 1.40. The highest BCUT2D eigenvalue weighted by molar-refractivity contribution is 5.75. The SMILES string of the molecule is Cc1cccn(CC(=O)NCC(CC(C)O)c2ccccc2)c1=O. The molecule has 128 valence electrons. The summed E-state index contributed by atoms with van der Waals surface area (Å²) in [5.74, 6) is -0.182. The highest BCUT2D eigenvalue weighted by Gasteiger charge is 2.15. The maximum Gasteiger partial charge on any atom is 0.253 e. The molecule has 0 aliphatic heterocycles. The van der Waals surface area contributed by atoms with Crippen molar-refractivity contribution >= 4 is 5.91 Å². The van der Waals surface area contributed by atoms with Gasteiger partial charge in [-0.15, -0.1) is 0 Å². The Morgan fingerprint density at radius 1 is 1.21 bits per heavy atom. The third-order valence-corrected chi connectivity index (χ3v) is 3.97. The van der Waals surface area contributed by atoms with Gasteiger partial charge < -0.3 is 15.0 Å². The monoisotopic (exact) mass is 328 g/mol. The summed E-state index contributed by atoms with van der Waals surface area (Å²) in [5.41, 5.74) is 1.53. The van der Waals surface area contributed by atoms with Crippen molar-refractivity contribution in [3.63, 3.8) is 0 Å². The van der Waals surface area contributed by atoms with E-state index in [4.69, 9.17) is 0 Å². The number of benzene rings is 1. The van der Waals surface area contributed by atoms with Gasteiger partial charge in [0.2, 0.25) is 5.91 Å². The van der Waals surface area contributed by atoms with Crippen molar-refractivity contribution in [3.8, 4) is 0 Å². The molecular weight excluding hydrogens is 304 g/mol. The van der Waals surface area contributed by atoms with E-state index in [9.17, 15) is 14.7 Å². The lowest BCUT2D eigenvalue weighted by atomic mass is 9.93. The molecule has 0 saturated carbocycles. The molecule has 0 radical (unpaired) electrons. The Hall–Kier alpha value is -2.40. The van der Waals surface area contributed by atoms with E-state index in [0.29, 0.717) is 18.5 Å². The molecule has 5 nitrogen and oxygen atoms in total. The fraction of sp³-hybridized carbons (Fsp3) is 0.368. The van der Waals surface area contributed by atoms with Gasteiger partial charge in [-0.1, -0.05) is 36.4 Å². The molecule has 2 N–H and O–H groups in total. The highest BCUT2D eigenvalue weighted by atomic mass is 16.3. The van der Waals surface area contributed by atoms with Gasteiger partial charge in [0.05, 0.1) is 6.10 Å². The number of nitrogens with one attached hydrogen (secondary N) is 1. The van der Waals surface area contributed by atoms with Crippen molar-refractivity contribution in [2.45, 2.75) is 38.8 Å². The average molecular weight is 328 g/mol. The number of pyridine rings is 1. The maximum atomic E-state index is 12.2. The van der Waals surface area contributed by atoms with E-state index in [1.54, 1.807) is 32.2 Å². The molecule has 2 atom stereocenters. The molecule has 1 aromatic heterocycles. The van der Waals surface area contributed by atoms with E-state index < -0.39 is 6.10 Å². The molecule has 0 bridgehead atoms. The van der Waals surface area contributed by atoms with Crippen LogP contribution >= 0.6 is 0 Å². The lowest BCUT2D eigenvalue weighted by molar-refractivity contribution is -0.121. The zero-order valence-corrected chi connectivity index (χ0v) is 14.1. The van der Waals surface area contributed by atoms with Gasteiger partial charge >= 0.3 is 0 Å². The quantitative estimate of drug-likeness (QED) is 0.814. The van der Waals surface area contributed by atoms with Crippen LogP contribution in [0.5, 0.6) is 0 Å². The van der Waals surface area contributed by atoms with E-state index in [1.165, 1.54) is 4.57 Å². The van der Waals surface area contributed by atoms with Crippen molar-refractivity contribution in [1.82, 2.24) is 9.88 Å². The lowest BCUT2D eigenvalue weighted by Crippen LogP contribution is -2.35. The van der Waals surface area contributed by atoms with Crippen molar-refractivity contribution in [2.24, 2.45) is 0 Å². The number of rotatable bonds is 7. The number of hydrogen-bond acceptors (Lipinski definition) is 3. The second kappa shape index (κ2) is 8.45. The van der Waals surface area contributed by atoms with Crippen LogP contribution in [0.3, 0.4) is 0 Å². The maximum absolute atomic E-state index is 12.2. The fourth-order valence-electron chi connectivity index (χ4n) is 2.70. The molecule has 0 spiro atoms. The molecule has 0 aliphatic carbocycles. The Kier molecular flexibility index (Phi) is 6.32. The number of aromatic nitrogens is 1. The van der Waals surface area contributed by atoms with Crippen molar-refractivity contribution in [1.29, 1.82) is 0 Å². The van der Waals surface area contributed by atoms with Crippen LogP contribution in [0.1, 0.15) is 30.4 Å². The second-order valence-corrected chi connectivity index (χ2v) is 6.12. The standard InChI is InChI=1S/C19H24N2O3/c1-14-7-6-10-21(19(14)24)13-18(23)20-12-17(11-15(2)22)16-8-4-3-5-9-16/h3-10,15,17,22H,11-13H2,1-2H3,(H,20,23). The largest absolute Gasteiger partial charge is 0.393 e. The molecule has 1 heterocycles. The van der Waals surface area contributed by atoms with E-state index in [1.807, 2.05) is 30.3 Å². The minimum absolute atomic E-state index is 0.00327.